The molecule has 0 radical (unpaired) electrons. The average molecular weight is 368 g/mol. The fourth-order valence-corrected chi connectivity index (χ4v) is 5.05. The van der Waals surface area contributed by atoms with Gasteiger partial charge < -0.3 is 15.1 Å². The molecule has 0 unspecified atom stereocenters. The Morgan fingerprint density at radius 2 is 1.92 bits per heavy atom. The number of hydrogen-bond donors (Lipinski definition) is 2. The van der Waals surface area contributed by atoms with Gasteiger partial charge in [0.1, 0.15) is 22.3 Å². The molecular weight excluding hydrogens is 351 g/mol. The Labute approximate surface area is 154 Å². The van der Waals surface area contributed by atoms with Crippen molar-refractivity contribution >= 4 is 22.2 Å². The highest BCUT2D eigenvalue weighted by molar-refractivity contribution is 7.16. The molecular formula is C20H17FN2O2S. The van der Waals surface area contributed by atoms with E-state index in [9.17, 15) is 9.18 Å². The van der Waals surface area contributed by atoms with Crippen molar-refractivity contribution in [1.29, 1.82) is 0 Å². The normalized spacial score (nSPS) is 18.7. The number of anilines is 1. The predicted molar refractivity (Wildman–Crippen MR) is 98.9 cm³/mol. The highest BCUT2D eigenvalue weighted by Crippen LogP contribution is 2.41. The number of hydrogen-bond acceptors (Lipinski definition) is 4. The van der Waals surface area contributed by atoms with Gasteiger partial charge in [0, 0.05) is 4.88 Å². The third-order valence-corrected chi connectivity index (χ3v) is 6.22. The molecule has 5 rings (SSSR count). The lowest BCUT2D eigenvalue weighted by molar-refractivity contribution is 0.0930. The van der Waals surface area contributed by atoms with Crippen molar-refractivity contribution < 1.29 is 13.6 Å². The molecule has 0 saturated carbocycles. The molecule has 1 aromatic carbocycles. The number of carbonyl (C=O) groups excluding carboxylic acids is 1. The molecule has 6 heteroatoms. The molecule has 26 heavy (non-hydrogen) atoms. The van der Waals surface area contributed by atoms with Gasteiger partial charge in [0.05, 0.1) is 11.1 Å². The molecule has 2 aromatic heterocycles. The van der Waals surface area contributed by atoms with Crippen LogP contribution in [-0.2, 0) is 12.8 Å². The Morgan fingerprint density at radius 1 is 1.08 bits per heavy atom. The standard InChI is InChI=1S/C20H17FN2O2S/c21-13-7-3-1-5-11(13)14-9-10-15(25-14)18-22-19(24)17-12-6-2-4-8-16(12)26-20(17)23-18/h1,3,5,7,9-10,18,23H,2,4,6,8H2,(H,22,24)/t18-/m1/s1. The quantitative estimate of drug-likeness (QED) is 0.678. The van der Waals surface area contributed by atoms with Gasteiger partial charge >= 0.3 is 0 Å². The van der Waals surface area contributed by atoms with Crippen molar-refractivity contribution in [3.63, 3.8) is 0 Å². The summed E-state index contributed by atoms with van der Waals surface area (Å²) in [5, 5.41) is 7.26. The van der Waals surface area contributed by atoms with E-state index in [1.165, 1.54) is 22.9 Å². The Hall–Kier alpha value is -2.60. The van der Waals surface area contributed by atoms with Gasteiger partial charge in [-0.1, -0.05) is 12.1 Å². The zero-order valence-corrected chi connectivity index (χ0v) is 14.8. The fourth-order valence-electron chi connectivity index (χ4n) is 3.73. The van der Waals surface area contributed by atoms with E-state index in [1.54, 1.807) is 41.7 Å². The van der Waals surface area contributed by atoms with E-state index in [1.807, 2.05) is 0 Å². The molecule has 0 saturated heterocycles. The predicted octanol–water partition coefficient (Wildman–Crippen LogP) is 4.88. The first kappa shape index (κ1) is 15.6. The van der Waals surface area contributed by atoms with Crippen molar-refractivity contribution in [3.05, 3.63) is 64.0 Å². The first-order valence-electron chi connectivity index (χ1n) is 8.77. The Bertz CT molecular complexity index is 1010. The fraction of sp³-hybridized carbons (Fsp3) is 0.250. The minimum atomic E-state index is -0.448. The van der Waals surface area contributed by atoms with Crippen LogP contribution >= 0.6 is 11.3 Å². The second-order valence-electron chi connectivity index (χ2n) is 6.65. The molecule has 1 aliphatic carbocycles. The third kappa shape index (κ3) is 2.44. The molecule has 132 valence electrons. The van der Waals surface area contributed by atoms with E-state index in [0.29, 0.717) is 17.1 Å². The molecule has 4 nitrogen and oxygen atoms in total. The van der Waals surface area contributed by atoms with Crippen LogP contribution in [0.3, 0.4) is 0 Å². The van der Waals surface area contributed by atoms with E-state index >= 15 is 0 Å². The lowest BCUT2D eigenvalue weighted by Crippen LogP contribution is -2.38. The largest absolute Gasteiger partial charge is 0.457 e. The first-order valence-corrected chi connectivity index (χ1v) is 9.59. The summed E-state index contributed by atoms with van der Waals surface area (Å²) in [4.78, 5) is 14.0. The number of rotatable bonds is 2. The van der Waals surface area contributed by atoms with Crippen LogP contribution < -0.4 is 10.6 Å². The van der Waals surface area contributed by atoms with Crippen LogP contribution in [-0.4, -0.2) is 5.91 Å². The SMILES string of the molecule is O=C1N[C@@H](c2ccc(-c3ccccc3F)o2)Nc2sc3c(c21)CCCC3. The molecule has 2 N–H and O–H groups in total. The molecule has 0 bridgehead atoms. The van der Waals surface area contributed by atoms with Crippen molar-refractivity contribution in [1.82, 2.24) is 5.32 Å². The van der Waals surface area contributed by atoms with E-state index in [2.05, 4.69) is 10.6 Å². The molecule has 2 aliphatic rings. The second-order valence-corrected chi connectivity index (χ2v) is 7.75. The minimum Gasteiger partial charge on any atom is -0.457 e. The monoisotopic (exact) mass is 368 g/mol. The van der Waals surface area contributed by atoms with Crippen LogP contribution in [0.25, 0.3) is 11.3 Å². The highest BCUT2D eigenvalue weighted by Gasteiger charge is 2.33. The Balaban J connectivity index is 1.47. The number of furan rings is 1. The van der Waals surface area contributed by atoms with E-state index < -0.39 is 6.17 Å². The molecule has 1 amide bonds. The third-order valence-electron chi connectivity index (χ3n) is 5.00. The summed E-state index contributed by atoms with van der Waals surface area (Å²) in [6.45, 7) is 0. The number of thiophene rings is 1. The van der Waals surface area contributed by atoms with E-state index in [4.69, 9.17) is 4.42 Å². The van der Waals surface area contributed by atoms with E-state index in [-0.39, 0.29) is 11.7 Å². The molecule has 0 fully saturated rings. The van der Waals surface area contributed by atoms with Crippen LogP contribution in [0.15, 0.2) is 40.8 Å². The van der Waals surface area contributed by atoms with Crippen LogP contribution in [0.2, 0.25) is 0 Å². The summed E-state index contributed by atoms with van der Waals surface area (Å²) in [6.07, 6.45) is 3.89. The number of nitrogens with one attached hydrogen (secondary N) is 2. The van der Waals surface area contributed by atoms with Gasteiger partial charge in [-0.05, 0) is 55.5 Å². The topological polar surface area (TPSA) is 54.3 Å². The van der Waals surface area contributed by atoms with Crippen molar-refractivity contribution in [3.8, 4) is 11.3 Å². The van der Waals surface area contributed by atoms with Gasteiger partial charge in [-0.2, -0.15) is 0 Å². The number of carbonyl (C=O) groups is 1. The molecule has 1 atom stereocenters. The summed E-state index contributed by atoms with van der Waals surface area (Å²) in [7, 11) is 0. The number of benzene rings is 1. The number of halogens is 1. The van der Waals surface area contributed by atoms with Gasteiger partial charge in [0.2, 0.25) is 0 Å². The van der Waals surface area contributed by atoms with Crippen LogP contribution in [0.5, 0.6) is 0 Å². The first-order chi connectivity index (χ1) is 12.7. The van der Waals surface area contributed by atoms with Gasteiger partial charge in [0.25, 0.3) is 5.91 Å². The van der Waals surface area contributed by atoms with Crippen molar-refractivity contribution in [2.45, 2.75) is 31.8 Å². The number of fused-ring (bicyclic) bond motifs is 3. The van der Waals surface area contributed by atoms with Gasteiger partial charge in [-0.15, -0.1) is 11.3 Å². The maximum Gasteiger partial charge on any atom is 0.256 e. The number of aryl methyl sites for hydroxylation is 1. The number of amides is 1. The van der Waals surface area contributed by atoms with Crippen LogP contribution in [0.1, 0.15) is 45.6 Å². The highest BCUT2D eigenvalue weighted by atomic mass is 32.1. The average Bonchev–Trinajstić information content (AvgIpc) is 3.26. The second kappa shape index (κ2) is 5.99. The lowest BCUT2D eigenvalue weighted by atomic mass is 9.94. The summed E-state index contributed by atoms with van der Waals surface area (Å²) >= 11 is 1.67. The maximum absolute atomic E-state index is 14.0. The van der Waals surface area contributed by atoms with Gasteiger partial charge in [-0.25, -0.2) is 4.39 Å². The zero-order valence-electron chi connectivity index (χ0n) is 14.0. The Kier molecular flexibility index (Phi) is 3.60. The maximum atomic E-state index is 14.0. The van der Waals surface area contributed by atoms with E-state index in [0.717, 1.165) is 29.8 Å². The molecule has 0 spiro atoms. The zero-order chi connectivity index (χ0) is 17.7. The van der Waals surface area contributed by atoms with Gasteiger partial charge in [0.15, 0.2) is 6.17 Å². The minimum absolute atomic E-state index is 0.0630. The van der Waals surface area contributed by atoms with Crippen LogP contribution in [0.4, 0.5) is 9.39 Å². The van der Waals surface area contributed by atoms with Crippen molar-refractivity contribution in [2.24, 2.45) is 0 Å². The molecule has 1 aliphatic heterocycles. The summed E-state index contributed by atoms with van der Waals surface area (Å²) in [6, 6.07) is 10.0. The Morgan fingerprint density at radius 3 is 2.81 bits per heavy atom. The lowest BCUT2D eigenvalue weighted by Gasteiger charge is -2.25. The van der Waals surface area contributed by atoms with Crippen LogP contribution in [0, 0.1) is 5.82 Å². The smallest absolute Gasteiger partial charge is 0.256 e. The van der Waals surface area contributed by atoms with Gasteiger partial charge in [-0.3, -0.25) is 4.79 Å². The molecule has 3 heterocycles. The summed E-state index contributed by atoms with van der Waals surface area (Å²) in [5.74, 6) is 0.619. The summed E-state index contributed by atoms with van der Waals surface area (Å²) < 4.78 is 19.8. The van der Waals surface area contributed by atoms with Crippen molar-refractivity contribution in [2.75, 3.05) is 5.32 Å². The molecule has 3 aromatic rings. The summed E-state index contributed by atoms with van der Waals surface area (Å²) in [5.41, 5.74) is 2.40.